The van der Waals surface area contributed by atoms with Crippen LogP contribution in [0.2, 0.25) is 0 Å². The van der Waals surface area contributed by atoms with Gasteiger partial charge in [-0.3, -0.25) is 19.8 Å². The van der Waals surface area contributed by atoms with Crippen LogP contribution in [0.25, 0.3) is 0 Å². The van der Waals surface area contributed by atoms with Crippen molar-refractivity contribution < 1.29 is 28.6 Å². The molecule has 0 unspecified atom stereocenters. The number of carbonyl (C=O) groups excluding carboxylic acids is 3. The molecule has 2 aromatic heterocycles. The van der Waals surface area contributed by atoms with E-state index in [1.807, 2.05) is 0 Å². The third-order valence-electron chi connectivity index (χ3n) is 7.17. The average Bonchev–Trinajstić information content (AvgIpc) is 2.95. The summed E-state index contributed by atoms with van der Waals surface area (Å²) in [7, 11) is 1.58. The number of aromatic nitrogens is 2. The predicted molar refractivity (Wildman–Crippen MR) is 138 cm³/mol. The summed E-state index contributed by atoms with van der Waals surface area (Å²) in [6.45, 7) is 2.87. The highest BCUT2D eigenvalue weighted by Gasteiger charge is 2.57. The number of pyridine rings is 2. The molecule has 4 aliphatic rings. The van der Waals surface area contributed by atoms with Crippen molar-refractivity contribution in [1.82, 2.24) is 14.9 Å². The van der Waals surface area contributed by atoms with Gasteiger partial charge in [-0.15, -0.1) is 0 Å². The number of carbonyl (C=O) groups is 3. The number of nitrogens with one attached hydrogen (secondary N) is 2. The lowest BCUT2D eigenvalue weighted by Gasteiger charge is -2.56. The molecular weight excluding hydrogens is 506 g/mol. The summed E-state index contributed by atoms with van der Waals surface area (Å²) in [6, 6.07) is 6.24. The monoisotopic (exact) mass is 535 g/mol. The highest BCUT2D eigenvalue weighted by Crippen LogP contribution is 2.55. The number of hydrogen-bond donors (Lipinski definition) is 2. The van der Waals surface area contributed by atoms with Crippen molar-refractivity contribution in [3.63, 3.8) is 0 Å². The quantitative estimate of drug-likeness (QED) is 0.356. The van der Waals surface area contributed by atoms with E-state index in [1.54, 1.807) is 30.2 Å². The lowest BCUT2D eigenvalue weighted by molar-refractivity contribution is -0.160. The summed E-state index contributed by atoms with van der Waals surface area (Å²) in [5, 5.41) is 15.3. The molecule has 0 aromatic carbocycles. The minimum Gasteiger partial charge on any atom is -0.383 e. The molecule has 3 amide bonds. The maximum Gasteiger partial charge on any atom is 0.328 e. The molecule has 1 saturated carbocycles. The zero-order chi connectivity index (χ0) is 27.4. The number of methoxy groups -OCH3 is 1. The van der Waals surface area contributed by atoms with Crippen LogP contribution < -0.4 is 15.5 Å². The van der Waals surface area contributed by atoms with Crippen molar-refractivity contribution in [2.75, 3.05) is 68.7 Å². The smallest absolute Gasteiger partial charge is 0.328 e. The standard InChI is InChI=1S/C26H29N7O6/c1-37-7-4-28-21-10-22(29-14-17(21)13-27)31-25(36)33-19-11-26(12-19,20-3-2-18(15-34)30-24(20)33)39-16-23(35)32-5-8-38-9-6-32/h2-3,10,14-15,19H,4-9,11-12,16H2,1H3,(H2,28,29,31,36). The minimum absolute atomic E-state index is 0.0954. The molecule has 13 heteroatoms. The number of amides is 3. The van der Waals surface area contributed by atoms with Crippen molar-refractivity contribution in [3.05, 3.63) is 41.2 Å². The maximum absolute atomic E-state index is 13.5. The second kappa shape index (κ2) is 11.3. The molecule has 1 aliphatic carbocycles. The number of anilines is 3. The van der Waals surface area contributed by atoms with Gasteiger partial charge in [0, 0.05) is 63.5 Å². The molecule has 1 saturated heterocycles. The van der Waals surface area contributed by atoms with Gasteiger partial charge in [-0.2, -0.15) is 5.26 Å². The molecular formula is C26H29N7O6. The first-order valence-corrected chi connectivity index (χ1v) is 12.7. The van der Waals surface area contributed by atoms with Crippen molar-refractivity contribution in [3.8, 4) is 6.07 Å². The van der Waals surface area contributed by atoms with E-state index in [9.17, 15) is 19.6 Å². The Kier molecular flexibility index (Phi) is 7.69. The summed E-state index contributed by atoms with van der Waals surface area (Å²) in [4.78, 5) is 49.6. The van der Waals surface area contributed by atoms with Crippen LogP contribution in [0.5, 0.6) is 0 Å². The number of rotatable bonds is 9. The van der Waals surface area contributed by atoms with Crippen molar-refractivity contribution in [2.24, 2.45) is 0 Å². The third-order valence-corrected chi connectivity index (χ3v) is 7.17. The van der Waals surface area contributed by atoms with Crippen LogP contribution >= 0.6 is 0 Å². The summed E-state index contributed by atoms with van der Waals surface area (Å²) < 4.78 is 16.6. The first-order chi connectivity index (χ1) is 19.0. The minimum atomic E-state index is -0.766. The largest absolute Gasteiger partial charge is 0.383 e. The Bertz CT molecular complexity index is 1300. The van der Waals surface area contributed by atoms with Gasteiger partial charge in [0.1, 0.15) is 35.6 Å². The van der Waals surface area contributed by atoms with E-state index in [0.29, 0.717) is 81.2 Å². The van der Waals surface area contributed by atoms with Crippen LogP contribution in [0.3, 0.4) is 0 Å². The number of ether oxygens (including phenoxy) is 3. The highest BCUT2D eigenvalue weighted by molar-refractivity contribution is 6.03. The van der Waals surface area contributed by atoms with Crippen molar-refractivity contribution in [2.45, 2.75) is 24.5 Å². The Morgan fingerprint density at radius 3 is 2.82 bits per heavy atom. The van der Waals surface area contributed by atoms with Gasteiger partial charge in [-0.05, 0) is 6.07 Å². The molecule has 2 bridgehead atoms. The zero-order valence-electron chi connectivity index (χ0n) is 21.5. The van der Waals surface area contributed by atoms with E-state index in [0.717, 1.165) is 0 Å². The number of aldehydes is 1. The van der Waals surface area contributed by atoms with E-state index in [1.165, 1.54) is 11.1 Å². The Morgan fingerprint density at radius 2 is 2.10 bits per heavy atom. The lowest BCUT2D eigenvalue weighted by Crippen LogP contribution is -2.63. The molecule has 2 aromatic rings. The fourth-order valence-corrected chi connectivity index (χ4v) is 5.12. The van der Waals surface area contributed by atoms with Crippen LogP contribution in [-0.2, 0) is 24.6 Å². The number of nitrogens with zero attached hydrogens (tertiary/aromatic N) is 5. The second-order valence-electron chi connectivity index (χ2n) is 9.51. The van der Waals surface area contributed by atoms with E-state index in [-0.39, 0.29) is 30.1 Å². The normalized spacial score (nSPS) is 21.3. The molecule has 39 heavy (non-hydrogen) atoms. The second-order valence-corrected chi connectivity index (χ2v) is 9.51. The highest BCUT2D eigenvalue weighted by atomic mass is 16.5. The maximum atomic E-state index is 13.5. The fraction of sp³-hybridized carbons (Fsp3) is 0.462. The Hall–Kier alpha value is -4.12. The summed E-state index contributed by atoms with van der Waals surface area (Å²) in [5.41, 5.74) is 0.903. The number of morpholine rings is 1. The van der Waals surface area contributed by atoms with Gasteiger partial charge < -0.3 is 24.4 Å². The van der Waals surface area contributed by atoms with E-state index >= 15 is 0 Å². The van der Waals surface area contributed by atoms with Gasteiger partial charge in [0.25, 0.3) is 0 Å². The molecule has 6 rings (SSSR count). The molecule has 2 fully saturated rings. The van der Waals surface area contributed by atoms with Crippen LogP contribution in [0.15, 0.2) is 24.4 Å². The van der Waals surface area contributed by atoms with Gasteiger partial charge in [-0.25, -0.2) is 14.8 Å². The van der Waals surface area contributed by atoms with Crippen molar-refractivity contribution in [1.29, 1.82) is 5.26 Å². The third kappa shape index (κ3) is 5.26. The van der Waals surface area contributed by atoms with Gasteiger partial charge >= 0.3 is 6.03 Å². The molecule has 13 nitrogen and oxygen atoms in total. The van der Waals surface area contributed by atoms with E-state index in [2.05, 4.69) is 26.7 Å². The molecule has 2 N–H and O–H groups in total. The number of hydrogen-bond acceptors (Lipinski definition) is 10. The fourth-order valence-electron chi connectivity index (χ4n) is 5.12. The molecule has 0 radical (unpaired) electrons. The zero-order valence-corrected chi connectivity index (χ0v) is 21.5. The first kappa shape index (κ1) is 26.5. The Balaban J connectivity index is 1.35. The molecule has 204 valence electrons. The van der Waals surface area contributed by atoms with Crippen molar-refractivity contribution >= 4 is 35.5 Å². The van der Waals surface area contributed by atoms with E-state index < -0.39 is 11.6 Å². The molecule has 5 heterocycles. The van der Waals surface area contributed by atoms with Crippen LogP contribution in [0.4, 0.5) is 22.1 Å². The van der Waals surface area contributed by atoms with Crippen LogP contribution in [0.1, 0.15) is 34.5 Å². The van der Waals surface area contributed by atoms with Gasteiger partial charge in [0.05, 0.1) is 31.1 Å². The average molecular weight is 536 g/mol. The van der Waals surface area contributed by atoms with Crippen LogP contribution in [0, 0.1) is 11.3 Å². The van der Waals surface area contributed by atoms with Gasteiger partial charge in [0.15, 0.2) is 6.29 Å². The molecule has 3 aliphatic heterocycles. The molecule has 0 atom stereocenters. The number of nitriles is 1. The Labute approximate surface area is 225 Å². The molecule has 0 spiro atoms. The SMILES string of the molecule is COCCNc1cc(NC(=O)N2c3nc(C=O)ccc3C3(OCC(=O)N4CCOCC4)CC2C3)ncc1C#N. The predicted octanol–water partition coefficient (Wildman–Crippen LogP) is 1.50. The Morgan fingerprint density at radius 1 is 1.31 bits per heavy atom. The van der Waals surface area contributed by atoms with Crippen LogP contribution in [-0.4, -0.2) is 92.3 Å². The summed E-state index contributed by atoms with van der Waals surface area (Å²) in [5.74, 6) is 0.443. The topological polar surface area (TPSA) is 159 Å². The van der Waals surface area contributed by atoms with Gasteiger partial charge in [0.2, 0.25) is 5.91 Å². The van der Waals surface area contributed by atoms with Gasteiger partial charge in [-0.1, -0.05) is 6.07 Å². The summed E-state index contributed by atoms with van der Waals surface area (Å²) >= 11 is 0. The number of urea groups is 1. The van der Waals surface area contributed by atoms with E-state index in [4.69, 9.17) is 14.2 Å². The summed E-state index contributed by atoms with van der Waals surface area (Å²) in [6.07, 6.45) is 2.96. The lowest BCUT2D eigenvalue weighted by atomic mass is 9.67. The first-order valence-electron chi connectivity index (χ1n) is 12.7.